The molecule has 2 N–H and O–H groups in total. The second-order valence-electron chi connectivity index (χ2n) is 4.07. The summed E-state index contributed by atoms with van der Waals surface area (Å²) >= 11 is 0. The normalized spacial score (nSPS) is 11.9. The lowest BCUT2D eigenvalue weighted by Crippen LogP contribution is -2.02. The third kappa shape index (κ3) is 2.29. The molecule has 0 aliphatic carbocycles. The Kier molecular flexibility index (Phi) is 2.71. The molecule has 0 bridgehead atoms. The Morgan fingerprint density at radius 3 is 2.74 bits per heavy atom. The van der Waals surface area contributed by atoms with Crippen molar-refractivity contribution in [2.45, 2.75) is 0 Å². The second kappa shape index (κ2) is 4.28. The molecule has 0 saturated heterocycles. The summed E-state index contributed by atoms with van der Waals surface area (Å²) in [5.74, 6) is 0. The van der Waals surface area contributed by atoms with Gasteiger partial charge in [0, 0.05) is 17.8 Å². The molecule has 0 aliphatic heterocycles. The summed E-state index contributed by atoms with van der Waals surface area (Å²) in [5, 5.41) is 4.99. The van der Waals surface area contributed by atoms with Crippen LogP contribution in [0, 0.1) is 0 Å². The number of aromatic nitrogens is 3. The average Bonchev–Trinajstić information content (AvgIpc) is 2.81. The Balaban J connectivity index is 2.14. The van der Waals surface area contributed by atoms with Gasteiger partial charge in [-0.05, 0) is 30.3 Å². The van der Waals surface area contributed by atoms with Crippen molar-refractivity contribution in [3.8, 4) is 5.69 Å². The van der Waals surface area contributed by atoms with Gasteiger partial charge in [0.15, 0.2) is 0 Å². The summed E-state index contributed by atoms with van der Waals surface area (Å²) in [5.41, 5.74) is 1.46. The molecular formula is C12H10N3O3P. The highest BCUT2D eigenvalue weighted by Crippen LogP contribution is 2.34. The van der Waals surface area contributed by atoms with Crippen LogP contribution < -0.4 is 5.30 Å². The lowest BCUT2D eigenvalue weighted by atomic mass is 10.3. The van der Waals surface area contributed by atoms with Gasteiger partial charge in [-0.15, -0.1) is 0 Å². The van der Waals surface area contributed by atoms with E-state index in [0.29, 0.717) is 10.9 Å². The van der Waals surface area contributed by atoms with Gasteiger partial charge < -0.3 is 9.79 Å². The van der Waals surface area contributed by atoms with Gasteiger partial charge in [-0.3, -0.25) is 9.55 Å². The first-order valence-corrected chi connectivity index (χ1v) is 7.11. The quantitative estimate of drug-likeness (QED) is 0.686. The number of hydrogen-bond acceptors (Lipinski definition) is 3. The predicted molar refractivity (Wildman–Crippen MR) is 70.5 cm³/mol. The van der Waals surface area contributed by atoms with Crippen molar-refractivity contribution in [1.29, 1.82) is 0 Å². The van der Waals surface area contributed by atoms with E-state index in [2.05, 4.69) is 10.1 Å². The standard InChI is InChI=1S/C12H10N3O3P/c16-19(17,18)11-3-4-12-9(6-11)8-15(14-12)10-2-1-5-13-7-10/h1-8H,(H2,16,17,18). The first-order valence-electron chi connectivity index (χ1n) is 5.50. The minimum absolute atomic E-state index is 0.00858. The number of fused-ring (bicyclic) bond motifs is 1. The Morgan fingerprint density at radius 2 is 2.05 bits per heavy atom. The Hall–Kier alpha value is -2.01. The van der Waals surface area contributed by atoms with Crippen molar-refractivity contribution in [3.05, 3.63) is 48.9 Å². The minimum Gasteiger partial charge on any atom is -0.321 e. The smallest absolute Gasteiger partial charge is 0.321 e. The molecule has 6 nitrogen and oxygen atoms in total. The van der Waals surface area contributed by atoms with Gasteiger partial charge in [0.05, 0.1) is 22.7 Å². The maximum Gasteiger partial charge on any atom is 0.356 e. The van der Waals surface area contributed by atoms with E-state index < -0.39 is 7.60 Å². The van der Waals surface area contributed by atoms with Gasteiger partial charge in [-0.25, -0.2) is 4.68 Å². The molecule has 3 aromatic rings. The largest absolute Gasteiger partial charge is 0.356 e. The molecular weight excluding hydrogens is 265 g/mol. The van der Waals surface area contributed by atoms with Crippen LogP contribution in [0.4, 0.5) is 0 Å². The number of pyridine rings is 1. The molecule has 3 rings (SSSR count). The van der Waals surface area contributed by atoms with E-state index in [1.807, 2.05) is 6.07 Å². The van der Waals surface area contributed by atoms with Crippen molar-refractivity contribution < 1.29 is 14.4 Å². The van der Waals surface area contributed by atoms with Crippen molar-refractivity contribution in [3.63, 3.8) is 0 Å². The molecule has 0 unspecified atom stereocenters. The topological polar surface area (TPSA) is 88.2 Å². The summed E-state index contributed by atoms with van der Waals surface area (Å²) in [7, 11) is -4.23. The SMILES string of the molecule is O=P(O)(O)c1ccc2nn(-c3cccnc3)cc2c1. The minimum atomic E-state index is -4.23. The van der Waals surface area contributed by atoms with Gasteiger partial charge in [-0.1, -0.05) is 0 Å². The molecule has 0 radical (unpaired) electrons. The zero-order valence-corrected chi connectivity index (χ0v) is 10.6. The monoisotopic (exact) mass is 275 g/mol. The Bertz CT molecular complexity index is 779. The van der Waals surface area contributed by atoms with E-state index in [-0.39, 0.29) is 5.30 Å². The highest BCUT2D eigenvalue weighted by Gasteiger charge is 2.17. The summed E-state index contributed by atoms with van der Waals surface area (Å²) < 4.78 is 12.8. The summed E-state index contributed by atoms with van der Waals surface area (Å²) in [4.78, 5) is 22.3. The van der Waals surface area contributed by atoms with Crippen LogP contribution in [0.1, 0.15) is 0 Å². The summed E-state index contributed by atoms with van der Waals surface area (Å²) in [6, 6.07) is 8.09. The highest BCUT2D eigenvalue weighted by molar-refractivity contribution is 7.60. The molecule has 0 amide bonds. The first kappa shape index (κ1) is 12.0. The Labute approximate surface area is 108 Å². The molecule has 2 heterocycles. The molecule has 7 heteroatoms. The lowest BCUT2D eigenvalue weighted by molar-refractivity contribution is 0.387. The zero-order chi connectivity index (χ0) is 13.5. The van der Waals surface area contributed by atoms with Gasteiger partial charge in [0.25, 0.3) is 0 Å². The number of nitrogens with zero attached hydrogens (tertiary/aromatic N) is 3. The van der Waals surface area contributed by atoms with Crippen molar-refractivity contribution in [1.82, 2.24) is 14.8 Å². The van der Waals surface area contributed by atoms with Gasteiger partial charge in [-0.2, -0.15) is 5.10 Å². The fraction of sp³-hybridized carbons (Fsp3) is 0. The first-order chi connectivity index (χ1) is 9.04. The third-order valence-electron chi connectivity index (χ3n) is 2.73. The van der Waals surface area contributed by atoms with Crippen LogP contribution >= 0.6 is 7.60 Å². The summed E-state index contributed by atoms with van der Waals surface area (Å²) in [6.45, 7) is 0. The lowest BCUT2D eigenvalue weighted by Gasteiger charge is -2.02. The van der Waals surface area contributed by atoms with Gasteiger partial charge >= 0.3 is 7.60 Å². The Morgan fingerprint density at radius 1 is 1.21 bits per heavy atom. The van der Waals surface area contributed by atoms with E-state index >= 15 is 0 Å². The molecule has 0 saturated carbocycles. The van der Waals surface area contributed by atoms with Crippen LogP contribution in [0.25, 0.3) is 16.6 Å². The molecule has 0 atom stereocenters. The van der Waals surface area contributed by atoms with Gasteiger partial charge in [0.2, 0.25) is 0 Å². The molecule has 1 aromatic carbocycles. The molecule has 0 aliphatic rings. The predicted octanol–water partition coefficient (Wildman–Crippen LogP) is 1.22. The number of benzene rings is 1. The molecule has 0 spiro atoms. The van der Waals surface area contributed by atoms with E-state index in [9.17, 15) is 4.57 Å². The zero-order valence-electron chi connectivity index (χ0n) is 9.71. The maximum absolute atomic E-state index is 11.2. The van der Waals surface area contributed by atoms with Crippen molar-refractivity contribution in [2.75, 3.05) is 0 Å². The second-order valence-corrected chi connectivity index (χ2v) is 5.68. The van der Waals surface area contributed by atoms with E-state index in [0.717, 1.165) is 5.69 Å². The van der Waals surface area contributed by atoms with Crippen LogP contribution in [-0.2, 0) is 4.57 Å². The number of rotatable bonds is 2. The van der Waals surface area contributed by atoms with Gasteiger partial charge in [0.1, 0.15) is 0 Å². The molecule has 19 heavy (non-hydrogen) atoms. The number of hydrogen-bond donors (Lipinski definition) is 2. The molecule has 0 fully saturated rings. The van der Waals surface area contributed by atoms with E-state index in [4.69, 9.17) is 9.79 Å². The fourth-order valence-electron chi connectivity index (χ4n) is 1.82. The van der Waals surface area contributed by atoms with Crippen molar-refractivity contribution in [2.24, 2.45) is 0 Å². The van der Waals surface area contributed by atoms with Crippen LogP contribution in [-0.4, -0.2) is 24.6 Å². The van der Waals surface area contributed by atoms with E-state index in [1.165, 1.54) is 12.1 Å². The van der Waals surface area contributed by atoms with Crippen LogP contribution in [0.5, 0.6) is 0 Å². The van der Waals surface area contributed by atoms with E-state index in [1.54, 1.807) is 35.4 Å². The highest BCUT2D eigenvalue weighted by atomic mass is 31.2. The fourth-order valence-corrected chi connectivity index (χ4v) is 2.39. The van der Waals surface area contributed by atoms with Crippen molar-refractivity contribution >= 4 is 23.8 Å². The third-order valence-corrected chi connectivity index (χ3v) is 3.69. The average molecular weight is 275 g/mol. The van der Waals surface area contributed by atoms with Crippen LogP contribution in [0.15, 0.2) is 48.9 Å². The maximum atomic E-state index is 11.2. The van der Waals surface area contributed by atoms with Crippen LogP contribution in [0.3, 0.4) is 0 Å². The molecule has 96 valence electrons. The summed E-state index contributed by atoms with van der Waals surface area (Å²) in [6.07, 6.45) is 5.04. The van der Waals surface area contributed by atoms with Crippen LogP contribution in [0.2, 0.25) is 0 Å². The molecule has 2 aromatic heterocycles.